The molecule has 2 atom stereocenters. The van der Waals surface area contributed by atoms with Crippen molar-refractivity contribution in [2.75, 3.05) is 13.7 Å². The minimum Gasteiger partial charge on any atom is -0.381 e. The fourth-order valence-corrected chi connectivity index (χ4v) is 5.78. The minimum absolute atomic E-state index is 0.250. The summed E-state index contributed by atoms with van der Waals surface area (Å²) in [7, 11) is 0.787. The smallest absolute Gasteiger partial charge is 0.0970 e. The second-order valence-corrected chi connectivity index (χ2v) is 12.3. The number of nitrogens with one attached hydrogen (secondary N) is 1. The summed E-state index contributed by atoms with van der Waals surface area (Å²) in [5.41, 5.74) is 4.29. The Morgan fingerprint density at radius 2 is 1.93 bits per heavy atom. The first-order chi connectivity index (χ1) is 13.8. The lowest BCUT2D eigenvalue weighted by atomic mass is 9.65. The van der Waals surface area contributed by atoms with E-state index < -0.39 is 11.0 Å². The molecule has 4 rings (SSSR count). The van der Waals surface area contributed by atoms with Gasteiger partial charge < -0.3 is 4.74 Å². The second kappa shape index (κ2) is 8.17. The first-order valence-electron chi connectivity index (χ1n) is 11.1. The number of fused-ring (bicyclic) bond motifs is 1. The van der Waals surface area contributed by atoms with Gasteiger partial charge in [0.05, 0.1) is 21.8 Å². The van der Waals surface area contributed by atoms with Gasteiger partial charge in [-0.2, -0.15) is 0 Å². The highest BCUT2D eigenvalue weighted by Gasteiger charge is 2.47. The Kier molecular flexibility index (Phi) is 5.95. The highest BCUT2D eigenvalue weighted by Crippen LogP contribution is 2.55. The van der Waals surface area contributed by atoms with Crippen molar-refractivity contribution in [2.45, 2.75) is 82.5 Å². The SMILES string of the molecule is COC1CCC2(CC1)Cc1ccc(C#CC3CC3)cc1C2CNS(=O)C(C)(C)C. The van der Waals surface area contributed by atoms with Crippen LogP contribution < -0.4 is 4.72 Å². The number of benzene rings is 1. The molecule has 3 aliphatic rings. The van der Waals surface area contributed by atoms with E-state index in [1.807, 2.05) is 27.9 Å². The van der Waals surface area contributed by atoms with Crippen molar-refractivity contribution in [3.05, 3.63) is 34.9 Å². The Labute approximate surface area is 179 Å². The molecule has 1 aromatic rings. The predicted octanol–water partition coefficient (Wildman–Crippen LogP) is 4.72. The highest BCUT2D eigenvalue weighted by atomic mass is 32.2. The summed E-state index contributed by atoms with van der Waals surface area (Å²) in [6.07, 6.45) is 8.63. The normalized spacial score (nSPS) is 29.9. The van der Waals surface area contributed by atoms with Crippen LogP contribution in [0.25, 0.3) is 0 Å². The lowest BCUT2D eigenvalue weighted by Gasteiger charge is -2.42. The third kappa shape index (κ3) is 4.63. The first kappa shape index (κ1) is 21.1. The van der Waals surface area contributed by atoms with E-state index >= 15 is 0 Å². The summed E-state index contributed by atoms with van der Waals surface area (Å²) in [6.45, 7) is 6.87. The summed E-state index contributed by atoms with van der Waals surface area (Å²) in [4.78, 5) is 0. The molecule has 0 saturated heterocycles. The van der Waals surface area contributed by atoms with Gasteiger partial charge in [-0.05, 0) is 94.4 Å². The van der Waals surface area contributed by atoms with Crippen molar-refractivity contribution in [1.82, 2.24) is 4.72 Å². The zero-order valence-corrected chi connectivity index (χ0v) is 19.2. The number of methoxy groups -OCH3 is 1. The molecule has 0 heterocycles. The monoisotopic (exact) mass is 413 g/mol. The Balaban J connectivity index is 1.60. The quantitative estimate of drug-likeness (QED) is 0.726. The van der Waals surface area contributed by atoms with Crippen LogP contribution in [0, 0.1) is 23.2 Å². The van der Waals surface area contributed by atoms with Crippen LogP contribution in [0.1, 0.15) is 81.9 Å². The molecule has 2 unspecified atom stereocenters. The van der Waals surface area contributed by atoms with Crippen LogP contribution in [-0.4, -0.2) is 28.7 Å². The molecule has 4 heteroatoms. The van der Waals surface area contributed by atoms with Crippen LogP contribution in [0.2, 0.25) is 0 Å². The Morgan fingerprint density at radius 3 is 2.55 bits per heavy atom. The summed E-state index contributed by atoms with van der Waals surface area (Å²) in [5, 5.41) is 0. The van der Waals surface area contributed by atoms with Crippen LogP contribution in [0.15, 0.2) is 18.2 Å². The molecule has 1 N–H and O–H groups in total. The minimum atomic E-state index is -1.05. The zero-order valence-electron chi connectivity index (χ0n) is 18.3. The first-order valence-corrected chi connectivity index (χ1v) is 12.3. The number of ether oxygens (including phenoxy) is 1. The van der Waals surface area contributed by atoms with Crippen LogP contribution in [0.5, 0.6) is 0 Å². The van der Waals surface area contributed by atoms with E-state index in [0.29, 0.717) is 17.9 Å². The van der Waals surface area contributed by atoms with Gasteiger partial charge in [-0.15, -0.1) is 0 Å². The lowest BCUT2D eigenvalue weighted by Crippen LogP contribution is -2.41. The Hall–Kier alpha value is -1.15. The molecule has 2 saturated carbocycles. The molecular formula is C25H35NO2S. The van der Waals surface area contributed by atoms with E-state index in [9.17, 15) is 4.21 Å². The van der Waals surface area contributed by atoms with Crippen LogP contribution in [0.4, 0.5) is 0 Å². The predicted molar refractivity (Wildman–Crippen MR) is 120 cm³/mol. The van der Waals surface area contributed by atoms with Crippen LogP contribution in [0.3, 0.4) is 0 Å². The van der Waals surface area contributed by atoms with Gasteiger partial charge in [0.2, 0.25) is 0 Å². The number of hydrogen-bond acceptors (Lipinski definition) is 2. The molecule has 0 amide bonds. The molecule has 1 spiro atoms. The third-order valence-corrected chi connectivity index (χ3v) is 8.58. The molecule has 0 aromatic heterocycles. The average Bonchev–Trinajstić information content (AvgIpc) is 3.47. The Morgan fingerprint density at radius 1 is 1.21 bits per heavy atom. The molecular weight excluding hydrogens is 378 g/mol. The summed E-state index contributed by atoms with van der Waals surface area (Å²) < 4.78 is 21.5. The van der Waals surface area contributed by atoms with Gasteiger partial charge in [-0.25, -0.2) is 8.93 Å². The maximum Gasteiger partial charge on any atom is 0.0970 e. The van der Waals surface area contributed by atoms with Gasteiger partial charge in [-0.1, -0.05) is 17.9 Å². The molecule has 2 fully saturated rings. The van der Waals surface area contributed by atoms with E-state index in [1.54, 1.807) is 0 Å². The van der Waals surface area contributed by atoms with Crippen molar-refractivity contribution < 1.29 is 8.95 Å². The van der Waals surface area contributed by atoms with E-state index in [-0.39, 0.29) is 10.2 Å². The van der Waals surface area contributed by atoms with Gasteiger partial charge in [0.1, 0.15) is 0 Å². The summed E-state index contributed by atoms with van der Waals surface area (Å²) in [5.74, 6) is 7.81. The van der Waals surface area contributed by atoms with Gasteiger partial charge in [0.25, 0.3) is 0 Å². The Bertz CT molecular complexity index is 833. The fourth-order valence-electron chi connectivity index (χ4n) is 5.03. The van der Waals surface area contributed by atoms with Crippen molar-refractivity contribution >= 4 is 11.0 Å². The van der Waals surface area contributed by atoms with Crippen LogP contribution in [-0.2, 0) is 22.1 Å². The molecule has 0 aliphatic heterocycles. The second-order valence-electron chi connectivity index (χ2n) is 10.2. The van der Waals surface area contributed by atoms with Crippen molar-refractivity contribution in [1.29, 1.82) is 0 Å². The molecule has 3 nitrogen and oxygen atoms in total. The molecule has 1 aromatic carbocycles. The topological polar surface area (TPSA) is 38.3 Å². The number of hydrogen-bond donors (Lipinski definition) is 1. The van der Waals surface area contributed by atoms with Crippen molar-refractivity contribution in [3.63, 3.8) is 0 Å². The van der Waals surface area contributed by atoms with Crippen LogP contribution >= 0.6 is 0 Å². The third-order valence-electron chi connectivity index (χ3n) is 7.04. The molecule has 29 heavy (non-hydrogen) atoms. The van der Waals surface area contributed by atoms with Gasteiger partial charge in [0, 0.05) is 31.1 Å². The lowest BCUT2D eigenvalue weighted by molar-refractivity contribution is 0.0207. The zero-order chi connectivity index (χ0) is 20.6. The van der Waals surface area contributed by atoms with Gasteiger partial charge in [-0.3, -0.25) is 0 Å². The average molecular weight is 414 g/mol. The maximum absolute atomic E-state index is 12.7. The highest BCUT2D eigenvalue weighted by molar-refractivity contribution is 7.84. The van der Waals surface area contributed by atoms with E-state index in [0.717, 1.165) is 31.4 Å². The standard InChI is InChI=1S/C25H35NO2S/c1-24(2,3)29(27)26-17-23-22-15-19(8-7-18-5-6-18)9-10-20(22)16-25(23)13-11-21(28-4)12-14-25/h9-10,15,18,21,23,26H,5-6,11-14,16-17H2,1-4H3. The van der Waals surface area contributed by atoms with E-state index in [2.05, 4.69) is 34.8 Å². The van der Waals surface area contributed by atoms with Gasteiger partial charge in [0.15, 0.2) is 0 Å². The van der Waals surface area contributed by atoms with E-state index in [1.165, 1.54) is 36.8 Å². The summed E-state index contributed by atoms with van der Waals surface area (Å²) in [6, 6.07) is 6.83. The largest absolute Gasteiger partial charge is 0.381 e. The number of rotatable bonds is 4. The molecule has 0 radical (unpaired) electrons. The summed E-state index contributed by atoms with van der Waals surface area (Å²) >= 11 is 0. The van der Waals surface area contributed by atoms with Crippen molar-refractivity contribution in [3.8, 4) is 11.8 Å². The fraction of sp³-hybridized carbons (Fsp3) is 0.680. The van der Waals surface area contributed by atoms with Crippen molar-refractivity contribution in [2.24, 2.45) is 11.3 Å². The van der Waals surface area contributed by atoms with Gasteiger partial charge >= 0.3 is 0 Å². The maximum atomic E-state index is 12.7. The van der Waals surface area contributed by atoms with E-state index in [4.69, 9.17) is 4.74 Å². The molecule has 0 bridgehead atoms. The molecule has 158 valence electrons. The molecule has 3 aliphatic carbocycles.